The highest BCUT2D eigenvalue weighted by molar-refractivity contribution is 6.30. The largest absolute Gasteiger partial charge is 0.481 e. The summed E-state index contributed by atoms with van der Waals surface area (Å²) in [6.45, 7) is 6.69. The van der Waals surface area contributed by atoms with Crippen LogP contribution in [0, 0.1) is 12.8 Å². The van der Waals surface area contributed by atoms with Gasteiger partial charge in [0, 0.05) is 35.9 Å². The Morgan fingerprint density at radius 1 is 1.06 bits per heavy atom. The lowest BCUT2D eigenvalue weighted by Gasteiger charge is -2.22. The molecule has 1 amide bonds. The van der Waals surface area contributed by atoms with Gasteiger partial charge in [-0.15, -0.1) is 0 Å². The van der Waals surface area contributed by atoms with Crippen molar-refractivity contribution in [3.63, 3.8) is 0 Å². The lowest BCUT2D eigenvalue weighted by molar-refractivity contribution is -0.137. The number of nitrogens with one attached hydrogen (secondary N) is 2. The topological polar surface area (TPSA) is 104 Å². The number of rotatable bonds is 11. The van der Waals surface area contributed by atoms with Crippen molar-refractivity contribution >= 4 is 29.3 Å². The number of halogens is 1. The SMILES string of the molecule is Cc1cc(C(CC(C)C)Nc2ccc(C(=O)NCCCC(=O)O)cn2)cnc1-c1ccc(Cl)cc1. The van der Waals surface area contributed by atoms with E-state index in [1.54, 1.807) is 12.1 Å². The molecule has 2 heterocycles. The van der Waals surface area contributed by atoms with Crippen molar-refractivity contribution in [3.8, 4) is 11.3 Å². The van der Waals surface area contributed by atoms with Gasteiger partial charge in [0.15, 0.2) is 0 Å². The summed E-state index contributed by atoms with van der Waals surface area (Å²) in [4.78, 5) is 32.0. The molecule has 1 aromatic carbocycles. The fourth-order valence-electron chi connectivity index (χ4n) is 3.78. The van der Waals surface area contributed by atoms with Crippen LogP contribution in [0.15, 0.2) is 54.9 Å². The number of amides is 1. The van der Waals surface area contributed by atoms with Gasteiger partial charge in [0.1, 0.15) is 5.82 Å². The molecule has 0 aliphatic rings. The maximum absolute atomic E-state index is 12.3. The molecule has 0 saturated heterocycles. The average Bonchev–Trinajstić information content (AvgIpc) is 2.82. The smallest absolute Gasteiger partial charge is 0.303 e. The van der Waals surface area contributed by atoms with Gasteiger partial charge in [0.25, 0.3) is 5.91 Å². The fraction of sp³-hybridized carbons (Fsp3) is 0.333. The average molecular weight is 495 g/mol. The van der Waals surface area contributed by atoms with Gasteiger partial charge in [-0.2, -0.15) is 0 Å². The third-order valence-corrected chi connectivity index (χ3v) is 5.78. The van der Waals surface area contributed by atoms with E-state index in [1.165, 1.54) is 6.20 Å². The molecule has 0 aliphatic heterocycles. The first kappa shape index (κ1) is 26.2. The minimum Gasteiger partial charge on any atom is -0.481 e. The molecule has 3 N–H and O–H groups in total. The van der Waals surface area contributed by atoms with E-state index in [0.29, 0.717) is 35.3 Å². The van der Waals surface area contributed by atoms with Crippen molar-refractivity contribution in [1.82, 2.24) is 15.3 Å². The second-order valence-electron chi connectivity index (χ2n) is 8.95. The molecule has 8 heteroatoms. The van der Waals surface area contributed by atoms with Crippen LogP contribution in [0.25, 0.3) is 11.3 Å². The predicted octanol–water partition coefficient (Wildman–Crippen LogP) is 5.90. The van der Waals surface area contributed by atoms with E-state index in [1.807, 2.05) is 30.5 Å². The summed E-state index contributed by atoms with van der Waals surface area (Å²) < 4.78 is 0. The monoisotopic (exact) mass is 494 g/mol. The molecule has 0 fully saturated rings. The van der Waals surface area contributed by atoms with Crippen LogP contribution >= 0.6 is 11.6 Å². The number of nitrogens with zero attached hydrogens (tertiary/aromatic N) is 2. The van der Waals surface area contributed by atoms with E-state index in [-0.39, 0.29) is 18.4 Å². The number of anilines is 1. The number of carboxylic acid groups (broad SMARTS) is 1. The van der Waals surface area contributed by atoms with Gasteiger partial charge in [-0.25, -0.2) is 4.98 Å². The molecular formula is C27H31ClN4O3. The van der Waals surface area contributed by atoms with Crippen molar-refractivity contribution in [3.05, 3.63) is 76.6 Å². The Morgan fingerprint density at radius 2 is 1.80 bits per heavy atom. The third-order valence-electron chi connectivity index (χ3n) is 5.53. The van der Waals surface area contributed by atoms with Gasteiger partial charge in [0.2, 0.25) is 0 Å². The molecule has 0 spiro atoms. The summed E-state index contributed by atoms with van der Waals surface area (Å²) in [6, 6.07) is 13.3. The van der Waals surface area contributed by atoms with Crippen molar-refractivity contribution < 1.29 is 14.7 Å². The number of carbonyl (C=O) groups excluding carboxylic acids is 1. The van der Waals surface area contributed by atoms with Gasteiger partial charge < -0.3 is 15.7 Å². The quantitative estimate of drug-likeness (QED) is 0.287. The van der Waals surface area contributed by atoms with Crippen LogP contribution in [0.5, 0.6) is 0 Å². The van der Waals surface area contributed by atoms with Crippen LogP contribution in [0.4, 0.5) is 5.82 Å². The molecule has 2 aromatic heterocycles. The number of aryl methyl sites for hydroxylation is 1. The van der Waals surface area contributed by atoms with Crippen LogP contribution in [0.3, 0.4) is 0 Å². The van der Waals surface area contributed by atoms with E-state index in [2.05, 4.69) is 42.5 Å². The van der Waals surface area contributed by atoms with Crippen molar-refractivity contribution in [2.75, 3.05) is 11.9 Å². The zero-order chi connectivity index (χ0) is 25.4. The van der Waals surface area contributed by atoms with Crippen LogP contribution in [0.1, 0.15) is 60.6 Å². The Morgan fingerprint density at radius 3 is 2.40 bits per heavy atom. The van der Waals surface area contributed by atoms with Gasteiger partial charge in [0.05, 0.1) is 17.3 Å². The van der Waals surface area contributed by atoms with E-state index in [0.717, 1.165) is 28.8 Å². The zero-order valence-corrected chi connectivity index (χ0v) is 21.0. The van der Waals surface area contributed by atoms with Crippen molar-refractivity contribution in [2.45, 2.75) is 46.1 Å². The maximum Gasteiger partial charge on any atom is 0.303 e. The summed E-state index contributed by atoms with van der Waals surface area (Å²) in [5, 5.41) is 15.6. The number of carboxylic acids is 1. The van der Waals surface area contributed by atoms with Crippen LogP contribution in [-0.4, -0.2) is 33.5 Å². The first-order valence-corrected chi connectivity index (χ1v) is 12.1. The number of aromatic nitrogens is 2. The molecule has 0 saturated carbocycles. The minimum absolute atomic E-state index is 0.00339. The van der Waals surface area contributed by atoms with Crippen molar-refractivity contribution in [2.24, 2.45) is 5.92 Å². The number of hydrogen-bond acceptors (Lipinski definition) is 5. The first-order valence-electron chi connectivity index (χ1n) is 11.7. The predicted molar refractivity (Wildman–Crippen MR) is 139 cm³/mol. The molecular weight excluding hydrogens is 464 g/mol. The van der Waals surface area contributed by atoms with Gasteiger partial charge in [-0.05, 0) is 61.1 Å². The molecule has 3 rings (SSSR count). The highest BCUT2D eigenvalue weighted by Gasteiger charge is 2.17. The molecule has 0 bridgehead atoms. The highest BCUT2D eigenvalue weighted by atomic mass is 35.5. The van der Waals surface area contributed by atoms with Crippen LogP contribution < -0.4 is 10.6 Å². The Kier molecular flexibility index (Phi) is 9.20. The lowest BCUT2D eigenvalue weighted by Crippen LogP contribution is -2.25. The Hall–Kier alpha value is -3.45. The third kappa shape index (κ3) is 7.79. The Labute approximate surface area is 211 Å². The summed E-state index contributed by atoms with van der Waals surface area (Å²) in [7, 11) is 0. The van der Waals surface area contributed by atoms with E-state index < -0.39 is 5.97 Å². The van der Waals surface area contributed by atoms with E-state index >= 15 is 0 Å². The molecule has 35 heavy (non-hydrogen) atoms. The van der Waals surface area contributed by atoms with Gasteiger partial charge >= 0.3 is 5.97 Å². The minimum atomic E-state index is -0.877. The second-order valence-corrected chi connectivity index (χ2v) is 9.39. The molecule has 184 valence electrons. The molecule has 7 nitrogen and oxygen atoms in total. The molecule has 3 aromatic rings. The van der Waals surface area contributed by atoms with Gasteiger partial charge in [-0.3, -0.25) is 14.6 Å². The number of benzene rings is 1. The maximum atomic E-state index is 12.3. The standard InChI is InChI=1S/C27H31ClN4O3/c1-17(2)13-23(21-14-18(3)26(31-16-21)19-6-9-22(28)10-7-19)32-24-11-8-20(15-30-24)27(35)29-12-4-5-25(33)34/h6-11,14-17,23H,4-5,12-13H2,1-3H3,(H,29,35)(H,30,32)(H,33,34). The van der Waals surface area contributed by atoms with E-state index in [4.69, 9.17) is 21.7 Å². The fourth-order valence-corrected chi connectivity index (χ4v) is 3.91. The summed E-state index contributed by atoms with van der Waals surface area (Å²) in [6.07, 6.45) is 4.71. The van der Waals surface area contributed by atoms with Crippen LogP contribution in [-0.2, 0) is 4.79 Å². The lowest BCUT2D eigenvalue weighted by atomic mass is 9.96. The van der Waals surface area contributed by atoms with Crippen LogP contribution in [0.2, 0.25) is 5.02 Å². The summed E-state index contributed by atoms with van der Waals surface area (Å²) in [5.74, 6) is -0.0415. The molecule has 1 unspecified atom stereocenters. The first-order chi connectivity index (χ1) is 16.7. The van der Waals surface area contributed by atoms with Crippen molar-refractivity contribution in [1.29, 1.82) is 0 Å². The molecule has 0 radical (unpaired) electrons. The summed E-state index contributed by atoms with van der Waals surface area (Å²) in [5.41, 5.74) is 4.51. The number of pyridine rings is 2. The van der Waals surface area contributed by atoms with Gasteiger partial charge in [-0.1, -0.05) is 43.6 Å². The molecule has 1 atom stereocenters. The number of aliphatic carboxylic acids is 1. The summed E-state index contributed by atoms with van der Waals surface area (Å²) >= 11 is 6.02. The second kappa shape index (κ2) is 12.3. The number of carbonyl (C=O) groups is 2. The zero-order valence-electron chi connectivity index (χ0n) is 20.2. The number of hydrogen-bond donors (Lipinski definition) is 3. The van der Waals surface area contributed by atoms with E-state index in [9.17, 15) is 9.59 Å². The normalized spacial score (nSPS) is 11.8. The Bertz CT molecular complexity index is 1150. The molecule has 0 aliphatic carbocycles. The highest BCUT2D eigenvalue weighted by Crippen LogP contribution is 2.29. The Balaban J connectivity index is 1.71.